The first-order chi connectivity index (χ1) is 20.6. The predicted octanol–water partition coefficient (Wildman–Crippen LogP) is 4.60. The van der Waals surface area contributed by atoms with Gasteiger partial charge < -0.3 is 9.47 Å². The number of nitrogens with one attached hydrogen (secondary N) is 2. The molecule has 0 radical (unpaired) electrons. The maximum absolute atomic E-state index is 13.1. The summed E-state index contributed by atoms with van der Waals surface area (Å²) in [5.74, 6) is -1.20. The standard InChI is InChI=1S/C31H34N4O7S/c1-31(2)26(27(36)35(31)43(39,40)25-17-10-5-11-18-25)19-12-20-32-28(33-29(37)41-21-23-13-6-3-7-14-23)34-30(38)42-22-24-15-8-4-9-16-24/h3-11,13-18,26H,12,19-22H2,1-2H3,(H2,32,33,34,37,38)/t26-/m1/s1. The number of alkyl carbamates (subject to hydrolysis) is 2. The van der Waals surface area contributed by atoms with Crippen molar-refractivity contribution in [1.29, 1.82) is 0 Å². The van der Waals surface area contributed by atoms with Crippen LogP contribution in [0.1, 0.15) is 37.8 Å². The minimum atomic E-state index is -3.98. The van der Waals surface area contributed by atoms with Gasteiger partial charge in [-0.25, -0.2) is 22.3 Å². The molecular formula is C31H34N4O7S. The predicted molar refractivity (Wildman–Crippen MR) is 159 cm³/mol. The Hall–Kier alpha value is -4.71. The highest BCUT2D eigenvalue weighted by atomic mass is 32.2. The second-order valence-electron chi connectivity index (χ2n) is 10.4. The van der Waals surface area contributed by atoms with Gasteiger partial charge in [-0.1, -0.05) is 78.9 Å². The molecule has 226 valence electrons. The number of sulfonamides is 1. The summed E-state index contributed by atoms with van der Waals surface area (Å²) in [5, 5.41) is 4.85. The minimum absolute atomic E-state index is 0.0136. The number of amides is 3. The van der Waals surface area contributed by atoms with Crippen molar-refractivity contribution in [3.63, 3.8) is 0 Å². The molecule has 1 aliphatic heterocycles. The average Bonchev–Trinajstić information content (AvgIpc) is 3.00. The van der Waals surface area contributed by atoms with Crippen LogP contribution >= 0.6 is 0 Å². The number of β-lactam (4-membered cyclic amide) rings is 1. The van der Waals surface area contributed by atoms with Crippen LogP contribution in [0.25, 0.3) is 0 Å². The number of hydrogen-bond acceptors (Lipinski definition) is 8. The molecule has 0 unspecified atom stereocenters. The molecule has 1 saturated heterocycles. The first-order valence-corrected chi connectivity index (χ1v) is 15.2. The zero-order chi connectivity index (χ0) is 30.9. The van der Waals surface area contributed by atoms with Crippen molar-refractivity contribution >= 4 is 34.1 Å². The zero-order valence-corrected chi connectivity index (χ0v) is 24.8. The third-order valence-electron chi connectivity index (χ3n) is 6.94. The van der Waals surface area contributed by atoms with Crippen molar-refractivity contribution in [3.05, 3.63) is 102 Å². The van der Waals surface area contributed by atoms with Gasteiger partial charge in [0, 0.05) is 6.54 Å². The van der Waals surface area contributed by atoms with Gasteiger partial charge in [0.2, 0.25) is 11.9 Å². The lowest BCUT2D eigenvalue weighted by Gasteiger charge is -2.52. The summed E-state index contributed by atoms with van der Waals surface area (Å²) in [6.07, 6.45) is -0.934. The summed E-state index contributed by atoms with van der Waals surface area (Å²) in [6, 6.07) is 26.0. The minimum Gasteiger partial charge on any atom is -0.444 e. The SMILES string of the molecule is CC1(C)[C@H](CCCN=C(NC(=O)OCc2ccccc2)NC(=O)OCc2ccccc2)C(=O)N1S(=O)(=O)c1ccccc1. The van der Waals surface area contributed by atoms with Crippen LogP contribution in [0.5, 0.6) is 0 Å². The van der Waals surface area contributed by atoms with Crippen LogP contribution in [0.15, 0.2) is 101 Å². The molecule has 1 atom stereocenters. The summed E-state index contributed by atoms with van der Waals surface area (Å²) in [6.45, 7) is 3.57. The normalized spacial score (nSPS) is 15.5. The summed E-state index contributed by atoms with van der Waals surface area (Å²) < 4.78 is 37.6. The van der Waals surface area contributed by atoms with Gasteiger partial charge in [-0.3, -0.25) is 20.4 Å². The van der Waals surface area contributed by atoms with E-state index in [2.05, 4.69) is 15.6 Å². The first-order valence-electron chi connectivity index (χ1n) is 13.7. The zero-order valence-electron chi connectivity index (χ0n) is 23.9. The molecule has 0 aliphatic carbocycles. The number of nitrogens with zero attached hydrogens (tertiary/aromatic N) is 2. The number of guanidine groups is 1. The molecular weight excluding hydrogens is 572 g/mol. The van der Waals surface area contributed by atoms with Gasteiger partial charge in [0.25, 0.3) is 10.0 Å². The highest BCUT2D eigenvalue weighted by molar-refractivity contribution is 7.89. The van der Waals surface area contributed by atoms with Gasteiger partial charge in [-0.2, -0.15) is 0 Å². The molecule has 2 N–H and O–H groups in total. The van der Waals surface area contributed by atoms with E-state index in [0.29, 0.717) is 12.8 Å². The summed E-state index contributed by atoms with van der Waals surface area (Å²) >= 11 is 0. The van der Waals surface area contributed by atoms with Crippen LogP contribution in [0.3, 0.4) is 0 Å². The van der Waals surface area contributed by atoms with Crippen molar-refractivity contribution in [2.45, 2.75) is 50.3 Å². The van der Waals surface area contributed by atoms with E-state index in [-0.39, 0.29) is 30.6 Å². The van der Waals surface area contributed by atoms with Gasteiger partial charge >= 0.3 is 12.2 Å². The number of carbonyl (C=O) groups excluding carboxylic acids is 3. The topological polar surface area (TPSA) is 143 Å². The smallest absolute Gasteiger partial charge is 0.414 e. The fourth-order valence-corrected chi connectivity index (χ4v) is 6.54. The van der Waals surface area contributed by atoms with E-state index in [1.165, 1.54) is 12.1 Å². The lowest BCUT2D eigenvalue weighted by Crippen LogP contribution is -2.69. The van der Waals surface area contributed by atoms with Gasteiger partial charge in [0.15, 0.2) is 0 Å². The van der Waals surface area contributed by atoms with Crippen LogP contribution < -0.4 is 10.6 Å². The second-order valence-corrected chi connectivity index (χ2v) is 12.2. The fraction of sp³-hybridized carbons (Fsp3) is 0.290. The van der Waals surface area contributed by atoms with Crippen molar-refractivity contribution in [2.24, 2.45) is 10.9 Å². The molecule has 3 aromatic carbocycles. The van der Waals surface area contributed by atoms with Crippen LogP contribution in [0.4, 0.5) is 9.59 Å². The molecule has 4 rings (SSSR count). The van der Waals surface area contributed by atoms with Crippen LogP contribution in [-0.4, -0.2) is 48.9 Å². The summed E-state index contributed by atoms with van der Waals surface area (Å²) in [5.41, 5.74) is 0.627. The van der Waals surface area contributed by atoms with E-state index >= 15 is 0 Å². The number of hydrogen-bond donors (Lipinski definition) is 2. The number of rotatable bonds is 10. The van der Waals surface area contributed by atoms with E-state index in [1.807, 2.05) is 36.4 Å². The van der Waals surface area contributed by atoms with Crippen LogP contribution in [0, 0.1) is 5.92 Å². The molecule has 3 aromatic rings. The Labute approximate surface area is 251 Å². The molecule has 0 bridgehead atoms. The highest BCUT2D eigenvalue weighted by Gasteiger charge is 2.58. The van der Waals surface area contributed by atoms with Crippen molar-refractivity contribution in [2.75, 3.05) is 6.54 Å². The Morgan fingerprint density at radius 2 is 1.28 bits per heavy atom. The van der Waals surface area contributed by atoms with E-state index in [1.54, 1.807) is 56.3 Å². The summed E-state index contributed by atoms with van der Waals surface area (Å²) in [4.78, 5) is 42.2. The van der Waals surface area contributed by atoms with E-state index in [4.69, 9.17) is 9.47 Å². The maximum atomic E-state index is 13.1. The maximum Gasteiger partial charge on any atom is 0.414 e. The van der Waals surface area contributed by atoms with Crippen LogP contribution in [0.2, 0.25) is 0 Å². The van der Waals surface area contributed by atoms with Gasteiger partial charge in [0.1, 0.15) is 13.2 Å². The Bertz CT molecular complexity index is 1490. The number of ether oxygens (including phenoxy) is 2. The quantitative estimate of drug-likeness (QED) is 0.149. The molecule has 0 spiro atoms. The number of carbonyl (C=O) groups is 3. The van der Waals surface area contributed by atoms with Crippen molar-refractivity contribution in [1.82, 2.24) is 14.9 Å². The van der Waals surface area contributed by atoms with Gasteiger partial charge in [-0.05, 0) is 49.9 Å². The molecule has 1 heterocycles. The van der Waals surface area contributed by atoms with E-state index in [0.717, 1.165) is 15.4 Å². The van der Waals surface area contributed by atoms with Crippen molar-refractivity contribution < 1.29 is 32.3 Å². The Balaban J connectivity index is 1.35. The molecule has 12 heteroatoms. The first kappa shape index (κ1) is 31.2. The van der Waals surface area contributed by atoms with E-state index in [9.17, 15) is 22.8 Å². The van der Waals surface area contributed by atoms with Gasteiger partial charge in [-0.15, -0.1) is 0 Å². The third-order valence-corrected chi connectivity index (χ3v) is 8.94. The molecule has 0 saturated carbocycles. The Kier molecular flexibility index (Phi) is 10.1. The Morgan fingerprint density at radius 3 is 1.74 bits per heavy atom. The molecule has 1 fully saturated rings. The van der Waals surface area contributed by atoms with Gasteiger partial charge in [0.05, 0.1) is 16.4 Å². The lowest BCUT2D eigenvalue weighted by molar-refractivity contribution is -0.154. The molecule has 43 heavy (non-hydrogen) atoms. The third kappa shape index (κ3) is 7.98. The highest BCUT2D eigenvalue weighted by Crippen LogP contribution is 2.44. The molecule has 1 aliphatic rings. The fourth-order valence-electron chi connectivity index (χ4n) is 4.71. The number of benzene rings is 3. The monoisotopic (exact) mass is 606 g/mol. The Morgan fingerprint density at radius 1 is 0.814 bits per heavy atom. The van der Waals surface area contributed by atoms with Crippen molar-refractivity contribution in [3.8, 4) is 0 Å². The molecule has 11 nitrogen and oxygen atoms in total. The largest absolute Gasteiger partial charge is 0.444 e. The average molecular weight is 607 g/mol. The van der Waals surface area contributed by atoms with E-state index < -0.39 is 39.6 Å². The lowest BCUT2D eigenvalue weighted by atomic mass is 9.76. The molecule has 0 aromatic heterocycles. The summed E-state index contributed by atoms with van der Waals surface area (Å²) in [7, 11) is -3.98. The number of aliphatic imine (C=N–C) groups is 1. The molecule has 3 amide bonds. The van der Waals surface area contributed by atoms with Crippen LogP contribution in [-0.2, 0) is 37.5 Å². The second kappa shape index (κ2) is 14.0.